The van der Waals surface area contributed by atoms with Gasteiger partial charge in [0.05, 0.1) is 17.9 Å². The number of ether oxygens (including phenoxy) is 1. The monoisotopic (exact) mass is 356 g/mol. The third kappa shape index (κ3) is 3.59. The summed E-state index contributed by atoms with van der Waals surface area (Å²) in [6.45, 7) is 8.72. The molecule has 26 heavy (non-hydrogen) atoms. The Labute approximate surface area is 154 Å². The van der Waals surface area contributed by atoms with Gasteiger partial charge in [0, 0.05) is 56.3 Å². The summed E-state index contributed by atoms with van der Waals surface area (Å²) in [5, 5.41) is 8.65. The Morgan fingerprint density at radius 1 is 1.23 bits per heavy atom. The van der Waals surface area contributed by atoms with E-state index in [1.807, 2.05) is 6.07 Å². The van der Waals surface area contributed by atoms with Gasteiger partial charge in [0.15, 0.2) is 0 Å². The smallest absolute Gasteiger partial charge is 0.225 e. The van der Waals surface area contributed by atoms with Gasteiger partial charge < -0.3 is 15.0 Å². The Balaban J connectivity index is 1.53. The second kappa shape index (κ2) is 7.72. The lowest BCUT2D eigenvalue weighted by molar-refractivity contribution is 0.0775. The topological polar surface area (TPSA) is 68.1 Å². The van der Waals surface area contributed by atoms with Gasteiger partial charge in [-0.1, -0.05) is 0 Å². The van der Waals surface area contributed by atoms with E-state index in [1.165, 1.54) is 17.0 Å². The first-order valence-electron chi connectivity index (χ1n) is 9.64. The molecule has 0 aliphatic carbocycles. The van der Waals surface area contributed by atoms with Crippen LogP contribution in [0.3, 0.4) is 0 Å². The van der Waals surface area contributed by atoms with Gasteiger partial charge in [-0.2, -0.15) is 5.10 Å². The first-order valence-corrected chi connectivity index (χ1v) is 9.64. The van der Waals surface area contributed by atoms with Crippen LogP contribution < -0.4 is 10.2 Å². The van der Waals surface area contributed by atoms with Crippen LogP contribution in [0.1, 0.15) is 49.7 Å². The molecule has 0 amide bonds. The third-order valence-corrected chi connectivity index (χ3v) is 5.28. The molecule has 2 aromatic heterocycles. The second-order valence-corrected chi connectivity index (χ2v) is 7.40. The molecule has 2 aliphatic heterocycles. The average molecular weight is 356 g/mol. The number of nitrogens with one attached hydrogen (secondary N) is 1. The summed E-state index contributed by atoms with van der Waals surface area (Å²) in [6, 6.07) is 2.75. The van der Waals surface area contributed by atoms with Crippen LogP contribution in [0.15, 0.2) is 18.5 Å². The predicted molar refractivity (Wildman–Crippen MR) is 100 cm³/mol. The highest BCUT2D eigenvalue weighted by Gasteiger charge is 2.27. The van der Waals surface area contributed by atoms with Crippen LogP contribution in [0, 0.1) is 0 Å². The Bertz CT molecular complexity index is 723. The largest absolute Gasteiger partial charge is 0.381 e. The van der Waals surface area contributed by atoms with Crippen LogP contribution in [0.4, 0.5) is 5.95 Å². The number of hydrogen-bond donors (Lipinski definition) is 1. The van der Waals surface area contributed by atoms with Gasteiger partial charge in [0.2, 0.25) is 5.95 Å². The SMILES string of the molecule is CC(C)n1nc(CNC2CCOCC2)c2c1CN(c1ncccn1)CC2. The molecule has 0 radical (unpaired) electrons. The van der Waals surface area contributed by atoms with E-state index >= 15 is 0 Å². The van der Waals surface area contributed by atoms with E-state index in [0.717, 1.165) is 58.1 Å². The zero-order valence-electron chi connectivity index (χ0n) is 15.7. The quantitative estimate of drug-likeness (QED) is 0.885. The Morgan fingerprint density at radius 2 is 2.00 bits per heavy atom. The maximum Gasteiger partial charge on any atom is 0.225 e. The maximum absolute atomic E-state index is 5.45. The lowest BCUT2D eigenvalue weighted by atomic mass is 10.0. The highest BCUT2D eigenvalue weighted by molar-refractivity contribution is 5.39. The van der Waals surface area contributed by atoms with E-state index in [-0.39, 0.29) is 0 Å². The molecule has 7 heteroatoms. The van der Waals surface area contributed by atoms with Crippen molar-refractivity contribution >= 4 is 5.95 Å². The van der Waals surface area contributed by atoms with Gasteiger partial charge in [-0.05, 0) is 39.2 Å². The number of nitrogens with zero attached hydrogens (tertiary/aromatic N) is 5. The Hall–Kier alpha value is -1.99. The Kier molecular flexibility index (Phi) is 5.17. The molecular formula is C19H28N6O. The predicted octanol–water partition coefficient (Wildman–Crippen LogP) is 2.09. The van der Waals surface area contributed by atoms with E-state index < -0.39 is 0 Å². The molecule has 0 saturated carbocycles. The van der Waals surface area contributed by atoms with Crippen LogP contribution >= 0.6 is 0 Å². The summed E-state index contributed by atoms with van der Waals surface area (Å²) in [5.74, 6) is 0.802. The molecule has 0 spiro atoms. The molecule has 1 fully saturated rings. The number of anilines is 1. The van der Waals surface area contributed by atoms with Crippen molar-refractivity contribution in [2.24, 2.45) is 0 Å². The molecule has 2 aromatic rings. The number of hydrogen-bond acceptors (Lipinski definition) is 6. The number of fused-ring (bicyclic) bond motifs is 1. The summed E-state index contributed by atoms with van der Waals surface area (Å²) < 4.78 is 7.64. The van der Waals surface area contributed by atoms with Crippen molar-refractivity contribution < 1.29 is 4.74 Å². The summed E-state index contributed by atoms with van der Waals surface area (Å²) in [7, 11) is 0. The van der Waals surface area contributed by atoms with E-state index in [1.54, 1.807) is 12.4 Å². The van der Waals surface area contributed by atoms with Crippen molar-refractivity contribution in [1.29, 1.82) is 0 Å². The zero-order valence-corrected chi connectivity index (χ0v) is 15.7. The van der Waals surface area contributed by atoms with Crippen molar-refractivity contribution in [1.82, 2.24) is 25.1 Å². The molecule has 140 valence electrons. The molecule has 0 atom stereocenters. The van der Waals surface area contributed by atoms with Crippen molar-refractivity contribution in [3.63, 3.8) is 0 Å². The van der Waals surface area contributed by atoms with Gasteiger partial charge >= 0.3 is 0 Å². The minimum Gasteiger partial charge on any atom is -0.381 e. The van der Waals surface area contributed by atoms with Crippen molar-refractivity contribution in [2.75, 3.05) is 24.7 Å². The first-order chi connectivity index (χ1) is 12.7. The minimum absolute atomic E-state index is 0.345. The van der Waals surface area contributed by atoms with Crippen LogP contribution in [0.2, 0.25) is 0 Å². The number of rotatable bonds is 5. The summed E-state index contributed by atoms with van der Waals surface area (Å²) in [4.78, 5) is 11.1. The molecule has 4 rings (SSSR count). The summed E-state index contributed by atoms with van der Waals surface area (Å²) >= 11 is 0. The number of aromatic nitrogens is 4. The van der Waals surface area contributed by atoms with Gasteiger partial charge in [0.1, 0.15) is 0 Å². The molecular weight excluding hydrogens is 328 g/mol. The van der Waals surface area contributed by atoms with E-state index in [0.29, 0.717) is 12.1 Å². The molecule has 1 saturated heterocycles. The van der Waals surface area contributed by atoms with Gasteiger partial charge in [-0.3, -0.25) is 4.68 Å². The van der Waals surface area contributed by atoms with E-state index in [9.17, 15) is 0 Å². The normalized spacial score (nSPS) is 18.3. The fraction of sp³-hybridized carbons (Fsp3) is 0.632. The first kappa shape index (κ1) is 17.4. The standard InChI is InChI=1S/C19H28N6O/c1-14(2)25-18-13-24(19-20-7-3-8-21-19)9-4-16(18)17(23-25)12-22-15-5-10-26-11-6-15/h3,7-8,14-15,22H,4-6,9-13H2,1-2H3. The highest BCUT2D eigenvalue weighted by Crippen LogP contribution is 2.27. The van der Waals surface area contributed by atoms with Crippen molar-refractivity contribution in [2.45, 2.75) is 58.3 Å². The second-order valence-electron chi connectivity index (χ2n) is 7.40. The fourth-order valence-electron chi connectivity index (χ4n) is 3.86. The van der Waals surface area contributed by atoms with Crippen LogP contribution in [0.25, 0.3) is 0 Å². The zero-order chi connectivity index (χ0) is 17.9. The molecule has 0 aromatic carbocycles. The third-order valence-electron chi connectivity index (χ3n) is 5.28. The van der Waals surface area contributed by atoms with Crippen LogP contribution in [-0.2, 0) is 24.2 Å². The van der Waals surface area contributed by atoms with Gasteiger partial charge in [-0.15, -0.1) is 0 Å². The highest BCUT2D eigenvalue weighted by atomic mass is 16.5. The van der Waals surface area contributed by atoms with E-state index in [4.69, 9.17) is 9.84 Å². The summed E-state index contributed by atoms with van der Waals surface area (Å²) in [5.41, 5.74) is 3.92. The summed E-state index contributed by atoms with van der Waals surface area (Å²) in [6.07, 6.45) is 6.78. The Morgan fingerprint density at radius 3 is 2.73 bits per heavy atom. The lowest BCUT2D eigenvalue weighted by Crippen LogP contribution is -2.35. The molecule has 1 N–H and O–H groups in total. The van der Waals surface area contributed by atoms with Crippen molar-refractivity contribution in [3.05, 3.63) is 35.4 Å². The molecule has 2 aliphatic rings. The van der Waals surface area contributed by atoms with Crippen molar-refractivity contribution in [3.8, 4) is 0 Å². The maximum atomic E-state index is 5.45. The van der Waals surface area contributed by atoms with E-state index in [2.05, 4.69) is 38.7 Å². The van der Waals surface area contributed by atoms with Crippen LogP contribution in [-0.4, -0.2) is 45.5 Å². The van der Waals surface area contributed by atoms with Gasteiger partial charge in [0.25, 0.3) is 0 Å². The lowest BCUT2D eigenvalue weighted by Gasteiger charge is -2.28. The minimum atomic E-state index is 0.345. The molecule has 7 nitrogen and oxygen atoms in total. The molecule has 0 unspecified atom stereocenters. The molecule has 0 bridgehead atoms. The fourth-order valence-corrected chi connectivity index (χ4v) is 3.86. The molecule has 4 heterocycles. The average Bonchev–Trinajstić information content (AvgIpc) is 3.06. The van der Waals surface area contributed by atoms with Gasteiger partial charge in [-0.25, -0.2) is 9.97 Å². The van der Waals surface area contributed by atoms with Crippen LogP contribution in [0.5, 0.6) is 0 Å².